The second-order valence-electron chi connectivity index (χ2n) is 5.36. The zero-order valence-corrected chi connectivity index (χ0v) is 16.5. The number of aliphatic hydroxyl groups is 1. The molecule has 0 aliphatic carbocycles. The van der Waals surface area contributed by atoms with Crippen molar-refractivity contribution in [3.05, 3.63) is 29.8 Å². The van der Waals surface area contributed by atoms with Crippen LogP contribution in [0.2, 0.25) is 0 Å². The average molecular weight is 457 g/mol. The highest BCUT2D eigenvalue weighted by molar-refractivity contribution is 14.0. The van der Waals surface area contributed by atoms with Crippen LogP contribution < -0.4 is 10.1 Å². The third kappa shape index (κ3) is 8.62. The third-order valence-electron chi connectivity index (χ3n) is 3.13. The van der Waals surface area contributed by atoms with E-state index in [1.165, 1.54) is 12.1 Å². The van der Waals surface area contributed by atoms with Crippen molar-refractivity contribution in [2.45, 2.75) is 27.0 Å². The molecule has 0 amide bonds. The zero-order valence-electron chi connectivity index (χ0n) is 14.2. The van der Waals surface area contributed by atoms with Gasteiger partial charge in [0.2, 0.25) is 0 Å². The highest BCUT2D eigenvalue weighted by Crippen LogP contribution is 2.15. The highest BCUT2D eigenvalue weighted by Gasteiger charge is 2.09. The monoisotopic (exact) mass is 457 g/mol. The summed E-state index contributed by atoms with van der Waals surface area (Å²) in [5, 5.41) is 12.3. The molecule has 24 heavy (non-hydrogen) atoms. The first kappa shape index (κ1) is 22.8. The lowest BCUT2D eigenvalue weighted by molar-refractivity contribution is -0.0498. The van der Waals surface area contributed by atoms with Crippen LogP contribution >= 0.6 is 24.0 Å². The van der Waals surface area contributed by atoms with Crippen LogP contribution in [0.4, 0.5) is 8.78 Å². The molecule has 1 aromatic carbocycles. The van der Waals surface area contributed by atoms with Gasteiger partial charge in [-0.25, -0.2) is 0 Å². The smallest absolute Gasteiger partial charge is 0.387 e. The van der Waals surface area contributed by atoms with Crippen molar-refractivity contribution in [3.63, 3.8) is 0 Å². The normalized spacial score (nSPS) is 12.5. The zero-order chi connectivity index (χ0) is 17.2. The Morgan fingerprint density at radius 2 is 1.96 bits per heavy atom. The maximum Gasteiger partial charge on any atom is 0.387 e. The Morgan fingerprint density at radius 3 is 2.46 bits per heavy atom. The van der Waals surface area contributed by atoms with E-state index >= 15 is 0 Å². The molecule has 0 radical (unpaired) electrons. The molecule has 2 N–H and O–H groups in total. The van der Waals surface area contributed by atoms with E-state index < -0.39 is 6.61 Å². The van der Waals surface area contributed by atoms with Crippen molar-refractivity contribution in [2.75, 3.05) is 26.7 Å². The summed E-state index contributed by atoms with van der Waals surface area (Å²) in [6.45, 7) is 3.03. The number of rotatable bonds is 8. The quantitative estimate of drug-likeness (QED) is 0.358. The first-order valence-corrected chi connectivity index (χ1v) is 7.60. The Balaban J connectivity index is 0.00000529. The lowest BCUT2D eigenvalue weighted by atomic mass is 10.2. The summed E-state index contributed by atoms with van der Waals surface area (Å²) in [5.41, 5.74) is 0.954. The van der Waals surface area contributed by atoms with Crippen LogP contribution in [0, 0.1) is 5.92 Å². The van der Waals surface area contributed by atoms with Gasteiger partial charge in [0.25, 0.3) is 0 Å². The van der Waals surface area contributed by atoms with Crippen molar-refractivity contribution in [1.82, 2.24) is 10.2 Å². The Labute approximate surface area is 159 Å². The number of nitrogens with zero attached hydrogens (tertiary/aromatic N) is 2. The topological polar surface area (TPSA) is 57.1 Å². The Bertz CT molecular complexity index is 487. The minimum Gasteiger partial charge on any atom is -0.435 e. The van der Waals surface area contributed by atoms with E-state index in [9.17, 15) is 8.78 Å². The number of aliphatic hydroxyl groups excluding tert-OH is 1. The fourth-order valence-corrected chi connectivity index (χ4v) is 1.89. The maximum atomic E-state index is 12.1. The number of nitrogens with one attached hydrogen (secondary N) is 1. The van der Waals surface area contributed by atoms with Crippen LogP contribution in [0.1, 0.15) is 19.4 Å². The molecule has 1 atom stereocenters. The molecule has 0 saturated heterocycles. The molecule has 0 fully saturated rings. The van der Waals surface area contributed by atoms with Crippen LogP contribution in [0.5, 0.6) is 5.75 Å². The van der Waals surface area contributed by atoms with E-state index in [0.29, 0.717) is 13.1 Å². The number of guanidine groups is 1. The minimum absolute atomic E-state index is 0. The molecule has 0 aliphatic heterocycles. The molecule has 0 saturated carbocycles. The number of aliphatic imine (C=N–C) groups is 1. The van der Waals surface area contributed by atoms with E-state index in [0.717, 1.165) is 18.1 Å². The van der Waals surface area contributed by atoms with Crippen LogP contribution in [0.25, 0.3) is 0 Å². The van der Waals surface area contributed by atoms with Gasteiger partial charge in [-0.05, 0) is 30.5 Å². The van der Waals surface area contributed by atoms with Crippen molar-refractivity contribution in [3.8, 4) is 5.75 Å². The van der Waals surface area contributed by atoms with Gasteiger partial charge in [0.15, 0.2) is 5.96 Å². The highest BCUT2D eigenvalue weighted by atomic mass is 127. The number of halogens is 3. The molecular formula is C16H26F2IN3O2. The largest absolute Gasteiger partial charge is 0.435 e. The maximum absolute atomic E-state index is 12.1. The molecule has 1 rings (SSSR count). The van der Waals surface area contributed by atoms with Gasteiger partial charge in [-0.3, -0.25) is 4.99 Å². The van der Waals surface area contributed by atoms with E-state index in [-0.39, 0.29) is 42.3 Å². The molecule has 138 valence electrons. The first-order valence-electron chi connectivity index (χ1n) is 7.60. The molecular weight excluding hydrogens is 431 g/mol. The van der Waals surface area contributed by atoms with Crippen molar-refractivity contribution in [2.24, 2.45) is 10.9 Å². The molecule has 8 heteroatoms. The predicted octanol–water partition coefficient (Wildman–Crippen LogP) is 2.93. The molecule has 0 spiro atoms. The van der Waals surface area contributed by atoms with Crippen LogP contribution in [0.15, 0.2) is 29.3 Å². The van der Waals surface area contributed by atoms with Crippen LogP contribution in [-0.2, 0) is 6.54 Å². The van der Waals surface area contributed by atoms with Gasteiger partial charge < -0.3 is 20.1 Å². The fraction of sp³-hybridized carbons (Fsp3) is 0.562. The number of alkyl halides is 2. The van der Waals surface area contributed by atoms with Gasteiger partial charge in [0.05, 0.1) is 0 Å². The third-order valence-corrected chi connectivity index (χ3v) is 3.13. The fourth-order valence-electron chi connectivity index (χ4n) is 1.89. The molecule has 1 unspecified atom stereocenters. The molecule has 0 bridgehead atoms. The lowest BCUT2D eigenvalue weighted by Gasteiger charge is -2.22. The summed E-state index contributed by atoms with van der Waals surface area (Å²) < 4.78 is 28.6. The van der Waals surface area contributed by atoms with Gasteiger partial charge in [-0.15, -0.1) is 24.0 Å². The van der Waals surface area contributed by atoms with E-state index in [1.807, 2.05) is 25.8 Å². The van der Waals surface area contributed by atoms with Crippen molar-refractivity contribution >= 4 is 29.9 Å². The number of benzene rings is 1. The summed E-state index contributed by atoms with van der Waals surface area (Å²) >= 11 is 0. The molecule has 0 heterocycles. The van der Waals surface area contributed by atoms with Gasteiger partial charge >= 0.3 is 6.61 Å². The standard InChI is InChI=1S/C16H25F2N3O2.HI/c1-4-19-16(20-9-12(2)11-22)21(3)10-13-5-7-14(8-6-13)23-15(17)18;/h5-8,12,15,22H,4,9-11H2,1-3H3,(H,19,20);1H. The Morgan fingerprint density at radius 1 is 1.33 bits per heavy atom. The van der Waals surface area contributed by atoms with Crippen molar-refractivity contribution in [1.29, 1.82) is 0 Å². The summed E-state index contributed by atoms with van der Waals surface area (Å²) in [4.78, 5) is 6.43. The summed E-state index contributed by atoms with van der Waals surface area (Å²) in [5.74, 6) is 0.979. The van der Waals surface area contributed by atoms with Gasteiger partial charge in [0.1, 0.15) is 5.75 Å². The molecule has 0 aromatic heterocycles. The van der Waals surface area contributed by atoms with Gasteiger partial charge in [-0.2, -0.15) is 8.78 Å². The van der Waals surface area contributed by atoms with Gasteiger partial charge in [0, 0.05) is 33.3 Å². The Kier molecular flexibility index (Phi) is 11.6. The van der Waals surface area contributed by atoms with E-state index in [1.54, 1.807) is 12.1 Å². The van der Waals surface area contributed by atoms with Crippen LogP contribution in [0.3, 0.4) is 0 Å². The number of hydrogen-bond acceptors (Lipinski definition) is 3. The number of hydrogen-bond donors (Lipinski definition) is 2. The van der Waals surface area contributed by atoms with Crippen molar-refractivity contribution < 1.29 is 18.6 Å². The summed E-state index contributed by atoms with van der Waals surface area (Å²) in [6, 6.07) is 6.53. The SMILES string of the molecule is CCNC(=NCC(C)CO)N(C)Cc1ccc(OC(F)F)cc1.I. The second kappa shape index (κ2) is 12.2. The summed E-state index contributed by atoms with van der Waals surface area (Å²) in [6.07, 6.45) is 0. The molecule has 1 aromatic rings. The van der Waals surface area contributed by atoms with Crippen LogP contribution in [-0.4, -0.2) is 49.3 Å². The second-order valence-corrected chi connectivity index (χ2v) is 5.36. The lowest BCUT2D eigenvalue weighted by Crippen LogP contribution is -2.38. The average Bonchev–Trinajstić information content (AvgIpc) is 2.52. The Hall–Kier alpha value is -1.16. The molecule has 5 nitrogen and oxygen atoms in total. The number of ether oxygens (including phenoxy) is 1. The summed E-state index contributed by atoms with van der Waals surface area (Å²) in [7, 11) is 1.90. The molecule has 0 aliphatic rings. The first-order chi connectivity index (χ1) is 11.0. The predicted molar refractivity (Wildman–Crippen MR) is 102 cm³/mol. The minimum atomic E-state index is -2.82. The van der Waals surface area contributed by atoms with E-state index in [2.05, 4.69) is 15.0 Å². The van der Waals surface area contributed by atoms with Gasteiger partial charge in [-0.1, -0.05) is 19.1 Å². The van der Waals surface area contributed by atoms with E-state index in [4.69, 9.17) is 5.11 Å².